The van der Waals surface area contributed by atoms with Gasteiger partial charge in [-0.05, 0) is 35.4 Å². The minimum atomic E-state index is -4.00. The van der Waals surface area contributed by atoms with E-state index in [-0.39, 0.29) is 17.2 Å². The van der Waals surface area contributed by atoms with Crippen LogP contribution >= 0.6 is 0 Å². The van der Waals surface area contributed by atoms with Gasteiger partial charge in [-0.25, -0.2) is 8.42 Å². The first-order valence-electron chi connectivity index (χ1n) is 11.6. The van der Waals surface area contributed by atoms with Crippen molar-refractivity contribution in [2.45, 2.75) is 43.7 Å². The Kier molecular flexibility index (Phi) is 7.33. The minimum absolute atomic E-state index is 0.0456. The highest BCUT2D eigenvalue weighted by atomic mass is 32.2. The first-order chi connectivity index (χ1) is 16.8. The van der Waals surface area contributed by atoms with Gasteiger partial charge in [-0.15, -0.1) is 0 Å². The van der Waals surface area contributed by atoms with Crippen molar-refractivity contribution in [3.63, 3.8) is 0 Å². The smallest absolute Gasteiger partial charge is 0.241 e. The summed E-state index contributed by atoms with van der Waals surface area (Å²) >= 11 is 0. The number of carbonyl (C=O) groups excluding carboxylic acids is 2. The molecule has 4 aromatic rings. The van der Waals surface area contributed by atoms with Crippen LogP contribution in [0.4, 0.5) is 0 Å². The van der Waals surface area contributed by atoms with Crippen molar-refractivity contribution in [3.8, 4) is 0 Å². The normalized spacial score (nSPS) is 13.7. The SMILES string of the molecule is CC(C)C[C@H](NS(=O)(=O)c1cccc2ccccc12)C(=O)N[C@@H](C=O)Cc1c[nH]c2ccccc12. The highest BCUT2D eigenvalue weighted by Crippen LogP contribution is 2.24. The summed E-state index contributed by atoms with van der Waals surface area (Å²) in [6, 6.07) is 18.1. The molecule has 0 aliphatic heterocycles. The quantitative estimate of drug-likeness (QED) is 0.292. The number of rotatable bonds is 10. The van der Waals surface area contributed by atoms with E-state index < -0.39 is 28.0 Å². The van der Waals surface area contributed by atoms with Crippen LogP contribution < -0.4 is 10.0 Å². The van der Waals surface area contributed by atoms with Gasteiger partial charge >= 0.3 is 0 Å². The average molecular weight is 492 g/mol. The van der Waals surface area contributed by atoms with Gasteiger partial charge in [-0.3, -0.25) is 4.79 Å². The third kappa shape index (κ3) is 5.61. The molecule has 4 rings (SSSR count). The van der Waals surface area contributed by atoms with Crippen molar-refractivity contribution in [2.24, 2.45) is 5.92 Å². The molecule has 8 heteroatoms. The number of amides is 1. The van der Waals surface area contributed by atoms with Crippen molar-refractivity contribution >= 4 is 43.9 Å². The Balaban J connectivity index is 1.55. The van der Waals surface area contributed by atoms with Gasteiger partial charge in [0.15, 0.2) is 0 Å². The molecule has 0 radical (unpaired) electrons. The number of H-pyrrole nitrogens is 1. The van der Waals surface area contributed by atoms with E-state index in [1.807, 2.05) is 62.5 Å². The third-order valence-electron chi connectivity index (χ3n) is 5.97. The van der Waals surface area contributed by atoms with Gasteiger partial charge in [0, 0.05) is 28.9 Å². The lowest BCUT2D eigenvalue weighted by atomic mass is 10.0. The maximum Gasteiger partial charge on any atom is 0.241 e. The van der Waals surface area contributed by atoms with Crippen LogP contribution in [0.15, 0.2) is 77.8 Å². The van der Waals surface area contributed by atoms with Crippen LogP contribution in [0.25, 0.3) is 21.7 Å². The molecule has 0 fully saturated rings. The van der Waals surface area contributed by atoms with Gasteiger partial charge in [0.05, 0.1) is 10.9 Å². The maximum absolute atomic E-state index is 13.3. The number of aldehydes is 1. The van der Waals surface area contributed by atoms with Crippen LogP contribution in [-0.4, -0.2) is 37.7 Å². The van der Waals surface area contributed by atoms with Crippen molar-refractivity contribution in [1.29, 1.82) is 0 Å². The zero-order valence-corrected chi connectivity index (χ0v) is 20.5. The van der Waals surface area contributed by atoms with E-state index in [1.165, 1.54) is 6.07 Å². The molecule has 3 N–H and O–H groups in total. The Morgan fingerprint density at radius 2 is 1.66 bits per heavy atom. The highest BCUT2D eigenvalue weighted by molar-refractivity contribution is 7.89. The predicted molar refractivity (Wildman–Crippen MR) is 138 cm³/mol. The van der Waals surface area contributed by atoms with Crippen molar-refractivity contribution in [2.75, 3.05) is 0 Å². The van der Waals surface area contributed by atoms with Crippen LogP contribution in [-0.2, 0) is 26.0 Å². The second-order valence-corrected chi connectivity index (χ2v) is 10.8. The highest BCUT2D eigenvalue weighted by Gasteiger charge is 2.29. The lowest BCUT2D eigenvalue weighted by Crippen LogP contribution is -2.51. The second kappa shape index (κ2) is 10.4. The molecule has 0 saturated carbocycles. The third-order valence-corrected chi connectivity index (χ3v) is 7.50. The summed E-state index contributed by atoms with van der Waals surface area (Å²) in [5.74, 6) is -0.483. The van der Waals surface area contributed by atoms with Crippen LogP contribution in [0, 0.1) is 5.92 Å². The number of carbonyl (C=O) groups is 2. The summed E-state index contributed by atoms with van der Waals surface area (Å²) in [6.45, 7) is 3.82. The predicted octanol–water partition coefficient (Wildman–Crippen LogP) is 3.94. The van der Waals surface area contributed by atoms with Crippen LogP contribution in [0.3, 0.4) is 0 Å². The van der Waals surface area contributed by atoms with E-state index in [0.29, 0.717) is 18.1 Å². The van der Waals surface area contributed by atoms with Gasteiger partial charge in [0.25, 0.3) is 0 Å². The first kappa shape index (κ1) is 24.6. The lowest BCUT2D eigenvalue weighted by molar-refractivity contribution is -0.125. The molecule has 1 heterocycles. The molecule has 0 spiro atoms. The Morgan fingerprint density at radius 1 is 0.971 bits per heavy atom. The van der Waals surface area contributed by atoms with E-state index in [2.05, 4.69) is 15.0 Å². The molecular weight excluding hydrogens is 462 g/mol. The zero-order valence-electron chi connectivity index (χ0n) is 19.7. The number of sulfonamides is 1. The van der Waals surface area contributed by atoms with E-state index in [0.717, 1.165) is 21.9 Å². The Hall–Kier alpha value is -3.49. The summed E-state index contributed by atoms with van der Waals surface area (Å²) in [5, 5.41) is 5.09. The average Bonchev–Trinajstić information content (AvgIpc) is 3.25. The van der Waals surface area contributed by atoms with Gasteiger partial charge in [0.1, 0.15) is 12.3 Å². The van der Waals surface area contributed by atoms with Crippen LogP contribution in [0.1, 0.15) is 25.8 Å². The molecule has 0 aliphatic carbocycles. The number of hydrogen-bond donors (Lipinski definition) is 3. The van der Waals surface area contributed by atoms with Crippen molar-refractivity contribution in [3.05, 3.63) is 78.5 Å². The molecule has 0 bridgehead atoms. The molecule has 2 atom stereocenters. The number of aromatic nitrogens is 1. The number of aromatic amines is 1. The zero-order chi connectivity index (χ0) is 25.0. The summed E-state index contributed by atoms with van der Waals surface area (Å²) in [6.07, 6.45) is 3.09. The number of fused-ring (bicyclic) bond motifs is 2. The van der Waals surface area contributed by atoms with E-state index >= 15 is 0 Å². The molecular formula is C27H29N3O4S. The summed E-state index contributed by atoms with van der Waals surface area (Å²) < 4.78 is 29.3. The van der Waals surface area contributed by atoms with Crippen LogP contribution in [0.2, 0.25) is 0 Å². The van der Waals surface area contributed by atoms with Crippen molar-refractivity contribution in [1.82, 2.24) is 15.0 Å². The molecule has 0 aliphatic rings. The Bertz CT molecular complexity index is 1450. The fraction of sp³-hybridized carbons (Fsp3) is 0.259. The molecule has 7 nitrogen and oxygen atoms in total. The Morgan fingerprint density at radius 3 is 2.40 bits per heavy atom. The number of hydrogen-bond acceptors (Lipinski definition) is 4. The minimum Gasteiger partial charge on any atom is -0.361 e. The maximum atomic E-state index is 13.3. The topological polar surface area (TPSA) is 108 Å². The molecule has 1 amide bonds. The first-order valence-corrected chi connectivity index (χ1v) is 13.1. The summed E-state index contributed by atoms with van der Waals surface area (Å²) in [5.41, 5.74) is 1.84. The molecule has 1 aromatic heterocycles. The summed E-state index contributed by atoms with van der Waals surface area (Å²) in [7, 11) is -4.00. The molecule has 0 saturated heterocycles. The second-order valence-electron chi connectivity index (χ2n) is 9.10. The van der Waals surface area contributed by atoms with Gasteiger partial charge in [-0.1, -0.05) is 68.4 Å². The fourth-order valence-electron chi connectivity index (χ4n) is 4.31. The van der Waals surface area contributed by atoms with Gasteiger partial charge in [0.2, 0.25) is 15.9 Å². The van der Waals surface area contributed by atoms with E-state index in [9.17, 15) is 18.0 Å². The standard InChI is InChI=1S/C27H29N3O4S/c1-18(2)14-25(30-35(33,34)26-13-7-9-19-8-3-4-11-23(19)26)27(32)29-21(17-31)15-20-16-28-24-12-6-5-10-22(20)24/h3-13,16-18,21,25,28,30H,14-15H2,1-2H3,(H,29,32)/t21-,25+/m1/s1. The largest absolute Gasteiger partial charge is 0.361 e. The van der Waals surface area contributed by atoms with E-state index in [4.69, 9.17) is 0 Å². The van der Waals surface area contributed by atoms with Gasteiger partial charge < -0.3 is 15.1 Å². The molecule has 0 unspecified atom stereocenters. The monoisotopic (exact) mass is 491 g/mol. The van der Waals surface area contributed by atoms with Crippen LogP contribution in [0.5, 0.6) is 0 Å². The molecule has 3 aromatic carbocycles. The van der Waals surface area contributed by atoms with Crippen molar-refractivity contribution < 1.29 is 18.0 Å². The number of benzene rings is 3. The number of nitrogens with one attached hydrogen (secondary N) is 3. The molecule has 182 valence electrons. The van der Waals surface area contributed by atoms with E-state index in [1.54, 1.807) is 18.2 Å². The van der Waals surface area contributed by atoms with Gasteiger partial charge in [-0.2, -0.15) is 4.72 Å². The fourth-order valence-corrected chi connectivity index (χ4v) is 5.75. The Labute approximate surface area is 205 Å². The summed E-state index contributed by atoms with van der Waals surface area (Å²) in [4.78, 5) is 28.3. The lowest BCUT2D eigenvalue weighted by Gasteiger charge is -2.22. The number of para-hydroxylation sites is 1. The molecule has 35 heavy (non-hydrogen) atoms.